The average molecular weight is 445 g/mol. The quantitative estimate of drug-likeness (QED) is 0.588. The van der Waals surface area contributed by atoms with E-state index in [1.54, 1.807) is 0 Å². The molecule has 5 nitrogen and oxygen atoms in total. The Morgan fingerprint density at radius 1 is 1.03 bits per heavy atom. The highest BCUT2D eigenvalue weighted by atomic mass is 16.6. The molecule has 0 aromatic rings. The van der Waals surface area contributed by atoms with Crippen LogP contribution in [0.1, 0.15) is 86.5 Å². The van der Waals surface area contributed by atoms with Gasteiger partial charge >= 0.3 is 11.9 Å². The van der Waals surface area contributed by atoms with Gasteiger partial charge in [0.15, 0.2) is 0 Å². The topological polar surface area (TPSA) is 72.8 Å². The third-order valence-corrected chi connectivity index (χ3v) is 11.1. The first-order valence-corrected chi connectivity index (χ1v) is 12.6. The molecule has 178 valence electrons. The second-order valence-corrected chi connectivity index (χ2v) is 13.0. The Kier molecular flexibility index (Phi) is 4.79. The number of esters is 2. The lowest BCUT2D eigenvalue weighted by molar-refractivity contribution is -0.254. The Bertz CT molecular complexity index is 875. The molecule has 1 heterocycles. The third-order valence-electron chi connectivity index (χ3n) is 11.1. The molecule has 32 heavy (non-hydrogen) atoms. The van der Waals surface area contributed by atoms with Crippen molar-refractivity contribution in [3.63, 3.8) is 0 Å². The lowest BCUT2D eigenvalue weighted by atomic mass is 9.35. The summed E-state index contributed by atoms with van der Waals surface area (Å²) in [6.45, 7) is 13.3. The van der Waals surface area contributed by atoms with Crippen LogP contribution in [0.5, 0.6) is 0 Å². The highest BCUT2D eigenvalue weighted by Crippen LogP contribution is 2.73. The summed E-state index contributed by atoms with van der Waals surface area (Å²) in [5.41, 5.74) is 0.697. The van der Waals surface area contributed by atoms with Gasteiger partial charge in [0.1, 0.15) is 12.2 Å². The van der Waals surface area contributed by atoms with Gasteiger partial charge in [0.2, 0.25) is 0 Å². The molecule has 5 heteroatoms. The van der Waals surface area contributed by atoms with Crippen molar-refractivity contribution >= 4 is 11.9 Å². The Morgan fingerprint density at radius 3 is 2.41 bits per heavy atom. The van der Waals surface area contributed by atoms with Crippen LogP contribution in [0, 0.1) is 39.4 Å². The van der Waals surface area contributed by atoms with Gasteiger partial charge in [-0.15, -0.1) is 0 Å². The van der Waals surface area contributed by atoms with Crippen LogP contribution >= 0.6 is 0 Å². The fraction of sp³-hybridized carbons (Fsp3) is 0.852. The molecule has 1 N–H and O–H groups in total. The lowest BCUT2D eigenvalue weighted by Crippen LogP contribution is -2.69. The van der Waals surface area contributed by atoms with E-state index in [-0.39, 0.29) is 28.7 Å². The van der Waals surface area contributed by atoms with E-state index in [4.69, 9.17) is 9.47 Å². The Balaban J connectivity index is 1.59. The Morgan fingerprint density at radius 2 is 1.72 bits per heavy atom. The summed E-state index contributed by atoms with van der Waals surface area (Å²) >= 11 is 0. The fourth-order valence-corrected chi connectivity index (χ4v) is 9.79. The highest BCUT2D eigenvalue weighted by molar-refractivity contribution is 5.86. The molecule has 0 saturated heterocycles. The summed E-state index contributed by atoms with van der Waals surface area (Å²) in [4.78, 5) is 24.3. The van der Waals surface area contributed by atoms with Gasteiger partial charge in [-0.05, 0) is 72.5 Å². The molecule has 0 bridgehead atoms. The van der Waals surface area contributed by atoms with Crippen LogP contribution in [-0.2, 0) is 19.1 Å². The molecule has 4 aliphatic carbocycles. The van der Waals surface area contributed by atoms with Gasteiger partial charge in [-0.25, -0.2) is 4.79 Å². The maximum atomic E-state index is 12.3. The van der Waals surface area contributed by atoms with Crippen molar-refractivity contribution < 1.29 is 24.2 Å². The number of ether oxygens (including phenoxy) is 2. The number of carbonyl (C=O) groups excluding carboxylic acids is 2. The summed E-state index contributed by atoms with van der Waals surface area (Å²) in [5, 5.41) is 11.7. The molecule has 5 aliphatic rings. The maximum Gasteiger partial charge on any atom is 0.331 e. The van der Waals surface area contributed by atoms with Crippen molar-refractivity contribution in [1.29, 1.82) is 0 Å². The number of rotatable bonds is 1. The van der Waals surface area contributed by atoms with Gasteiger partial charge in [0, 0.05) is 24.0 Å². The molecule has 0 amide bonds. The molecular weight excluding hydrogens is 404 g/mol. The minimum atomic E-state index is -0.562. The van der Waals surface area contributed by atoms with Gasteiger partial charge < -0.3 is 14.6 Å². The predicted molar refractivity (Wildman–Crippen MR) is 120 cm³/mol. The van der Waals surface area contributed by atoms with E-state index in [1.807, 2.05) is 0 Å². The van der Waals surface area contributed by atoms with Crippen molar-refractivity contribution in [2.75, 3.05) is 0 Å². The molecule has 0 aromatic heterocycles. The molecule has 0 radical (unpaired) electrons. The molecule has 1 aliphatic heterocycles. The van der Waals surface area contributed by atoms with E-state index in [0.29, 0.717) is 23.7 Å². The number of carbonyl (C=O) groups is 2. The molecule has 4 saturated carbocycles. The maximum absolute atomic E-state index is 12.3. The van der Waals surface area contributed by atoms with Crippen molar-refractivity contribution in [3.8, 4) is 0 Å². The Labute approximate surface area is 192 Å². The molecule has 0 aromatic carbocycles. The summed E-state index contributed by atoms with van der Waals surface area (Å²) in [6.07, 6.45) is 7.45. The number of hydrogen-bond donors (Lipinski definition) is 1. The summed E-state index contributed by atoms with van der Waals surface area (Å²) < 4.78 is 11.6. The third kappa shape index (κ3) is 2.78. The number of fused-ring (bicyclic) bond motifs is 7. The first-order chi connectivity index (χ1) is 14.8. The van der Waals surface area contributed by atoms with Crippen LogP contribution < -0.4 is 0 Å². The molecular formula is C27H40O5. The zero-order valence-corrected chi connectivity index (χ0v) is 20.6. The minimum absolute atomic E-state index is 0.00553. The summed E-state index contributed by atoms with van der Waals surface area (Å²) in [5.74, 6) is 0.463. The molecule has 4 fully saturated rings. The number of aliphatic hydroxyl groups excluding tert-OH is 1. The Hall–Kier alpha value is -1.36. The fourth-order valence-electron chi connectivity index (χ4n) is 9.79. The number of hydrogen-bond acceptors (Lipinski definition) is 5. The zero-order valence-electron chi connectivity index (χ0n) is 20.6. The first kappa shape index (κ1) is 22.4. The first-order valence-electron chi connectivity index (χ1n) is 12.6. The summed E-state index contributed by atoms with van der Waals surface area (Å²) in [7, 11) is 0. The van der Waals surface area contributed by atoms with Gasteiger partial charge in [-0.3, -0.25) is 4.79 Å². The molecule has 0 spiro atoms. The monoisotopic (exact) mass is 444 g/mol. The van der Waals surface area contributed by atoms with E-state index in [2.05, 4.69) is 34.6 Å². The van der Waals surface area contributed by atoms with Crippen LogP contribution in [0.15, 0.2) is 11.6 Å². The van der Waals surface area contributed by atoms with Crippen molar-refractivity contribution in [2.45, 2.75) is 105 Å². The molecule has 3 unspecified atom stereocenters. The van der Waals surface area contributed by atoms with E-state index in [9.17, 15) is 14.7 Å². The average Bonchev–Trinajstić information content (AvgIpc) is 3.08. The van der Waals surface area contributed by atoms with Crippen molar-refractivity contribution in [3.05, 3.63) is 11.6 Å². The second-order valence-electron chi connectivity index (χ2n) is 13.0. The van der Waals surface area contributed by atoms with Crippen molar-refractivity contribution in [1.82, 2.24) is 0 Å². The highest BCUT2D eigenvalue weighted by Gasteiger charge is 2.70. The van der Waals surface area contributed by atoms with E-state index >= 15 is 0 Å². The normalized spacial score (nSPS) is 51.3. The van der Waals surface area contributed by atoms with Gasteiger partial charge in [0.05, 0.1) is 6.10 Å². The lowest BCUT2D eigenvalue weighted by Gasteiger charge is -2.70. The van der Waals surface area contributed by atoms with Gasteiger partial charge in [0.25, 0.3) is 0 Å². The SMILES string of the molecule is CC(=O)O[C@H]1CC2[C@]3(C)CCC4C(C)(C)CCC[C@]4(C)C3C[C@@H](O)[C@]2(C)[C@H]2OC(=O)C=C12. The summed E-state index contributed by atoms with van der Waals surface area (Å²) in [6, 6.07) is 0. The van der Waals surface area contributed by atoms with E-state index in [0.717, 1.165) is 18.4 Å². The predicted octanol–water partition coefficient (Wildman–Crippen LogP) is 4.81. The second kappa shape index (κ2) is 6.84. The van der Waals surface area contributed by atoms with Gasteiger partial charge in [-0.1, -0.05) is 41.0 Å². The van der Waals surface area contributed by atoms with Crippen LogP contribution in [-0.4, -0.2) is 35.4 Å². The smallest absolute Gasteiger partial charge is 0.331 e. The van der Waals surface area contributed by atoms with Crippen LogP contribution in [0.4, 0.5) is 0 Å². The van der Waals surface area contributed by atoms with Crippen LogP contribution in [0.3, 0.4) is 0 Å². The standard InChI is InChI=1S/C27H40O5/c1-15(28)31-17-13-20-26(5)11-8-18-24(2,3)9-7-10-25(18,4)19(26)14-21(29)27(20,6)23-16(17)12-22(30)32-23/h12,17-21,23,29H,7-11,13-14H2,1-6H3/t17-,18?,19?,20?,21+,23-,25-,26+,27+/m0/s1. The molecule has 9 atom stereocenters. The minimum Gasteiger partial charge on any atom is -0.458 e. The van der Waals surface area contributed by atoms with Crippen LogP contribution in [0.2, 0.25) is 0 Å². The van der Waals surface area contributed by atoms with E-state index in [1.165, 1.54) is 38.7 Å². The van der Waals surface area contributed by atoms with E-state index < -0.39 is 23.7 Å². The van der Waals surface area contributed by atoms with Gasteiger partial charge in [-0.2, -0.15) is 0 Å². The van der Waals surface area contributed by atoms with Crippen molar-refractivity contribution in [2.24, 2.45) is 39.4 Å². The van der Waals surface area contributed by atoms with Crippen LogP contribution in [0.25, 0.3) is 0 Å². The molecule has 5 rings (SSSR count). The number of aliphatic hydroxyl groups is 1. The zero-order chi connectivity index (χ0) is 23.3. The largest absolute Gasteiger partial charge is 0.458 e.